The molecule has 0 aliphatic carbocycles. The molecule has 0 saturated carbocycles. The normalized spacial score (nSPS) is 11.3. The molecule has 0 atom stereocenters. The van der Waals surface area contributed by atoms with Gasteiger partial charge in [-0.25, -0.2) is 4.39 Å². The Kier molecular flexibility index (Phi) is 3.61. The van der Waals surface area contributed by atoms with Crippen LogP contribution in [0.1, 0.15) is 5.56 Å². The molecule has 8 heteroatoms. The monoisotopic (exact) mass is 354 g/mol. The third-order valence-corrected chi connectivity index (χ3v) is 4.90. The number of pyridine rings is 1. The van der Waals surface area contributed by atoms with Crippen LogP contribution in [-0.2, 0) is 0 Å². The summed E-state index contributed by atoms with van der Waals surface area (Å²) in [6.45, 7) is 1.99. The van der Waals surface area contributed by atoms with Crippen LogP contribution in [0, 0.1) is 22.9 Å². The van der Waals surface area contributed by atoms with E-state index in [1.54, 1.807) is 0 Å². The fourth-order valence-electron chi connectivity index (χ4n) is 2.76. The topological polar surface area (TPSA) is 73.3 Å². The lowest BCUT2D eigenvalue weighted by Crippen LogP contribution is -1.95. The van der Waals surface area contributed by atoms with Crippen molar-refractivity contribution in [2.24, 2.45) is 0 Å². The van der Waals surface area contributed by atoms with Crippen LogP contribution in [0.15, 0.2) is 58.6 Å². The summed E-state index contributed by atoms with van der Waals surface area (Å²) in [7, 11) is 0. The van der Waals surface area contributed by atoms with Gasteiger partial charge in [-0.2, -0.15) is 0 Å². The molecular weight excluding hydrogens is 343 g/mol. The number of hydrogen-bond donors (Lipinski definition) is 0. The van der Waals surface area contributed by atoms with Crippen molar-refractivity contribution in [2.45, 2.75) is 17.0 Å². The highest BCUT2D eigenvalue weighted by Gasteiger charge is 2.19. The molecule has 2 heterocycles. The summed E-state index contributed by atoms with van der Waals surface area (Å²) in [4.78, 5) is 10.9. The minimum atomic E-state index is -0.650. The lowest BCUT2D eigenvalue weighted by Gasteiger charge is -2.07. The smallest absolute Gasteiger partial charge is 0.270 e. The maximum atomic E-state index is 13.3. The molecule has 0 spiro atoms. The molecule has 4 rings (SSSR count). The number of hydrogen-bond acceptors (Lipinski definition) is 5. The van der Waals surface area contributed by atoms with Crippen LogP contribution in [0.5, 0.6) is 0 Å². The van der Waals surface area contributed by atoms with Gasteiger partial charge >= 0.3 is 0 Å². The number of nitrogens with zero attached hydrogens (tertiary/aromatic N) is 4. The van der Waals surface area contributed by atoms with Crippen LogP contribution in [0.3, 0.4) is 0 Å². The number of halogens is 1. The van der Waals surface area contributed by atoms with Gasteiger partial charge in [0.2, 0.25) is 5.16 Å². The van der Waals surface area contributed by atoms with Crippen LogP contribution >= 0.6 is 11.8 Å². The summed E-state index contributed by atoms with van der Waals surface area (Å²) in [5, 5.41) is 21.1. The summed E-state index contributed by atoms with van der Waals surface area (Å²) in [6.07, 6.45) is 0. The van der Waals surface area contributed by atoms with Gasteiger partial charge in [-0.1, -0.05) is 18.2 Å². The molecule has 0 radical (unpaired) electrons. The molecule has 0 fully saturated rings. The lowest BCUT2D eigenvalue weighted by atomic mass is 10.1. The van der Waals surface area contributed by atoms with E-state index in [9.17, 15) is 14.5 Å². The van der Waals surface area contributed by atoms with Gasteiger partial charge in [-0.05, 0) is 48.5 Å². The van der Waals surface area contributed by atoms with Crippen molar-refractivity contribution < 1.29 is 9.31 Å². The van der Waals surface area contributed by atoms with E-state index in [1.165, 1.54) is 12.1 Å². The highest BCUT2D eigenvalue weighted by molar-refractivity contribution is 7.99. The van der Waals surface area contributed by atoms with Crippen molar-refractivity contribution in [3.63, 3.8) is 0 Å². The second kappa shape index (κ2) is 5.82. The van der Waals surface area contributed by atoms with Gasteiger partial charge in [0.15, 0.2) is 5.65 Å². The van der Waals surface area contributed by atoms with E-state index in [0.717, 1.165) is 34.3 Å². The maximum Gasteiger partial charge on any atom is 0.286 e. The summed E-state index contributed by atoms with van der Waals surface area (Å²) >= 11 is 1.09. The fourth-order valence-corrected chi connectivity index (χ4v) is 3.69. The molecule has 0 amide bonds. The fraction of sp³-hybridized carbons (Fsp3) is 0.0588. The Hall–Kier alpha value is -3.00. The van der Waals surface area contributed by atoms with Crippen molar-refractivity contribution in [1.82, 2.24) is 14.6 Å². The second-order valence-electron chi connectivity index (χ2n) is 5.49. The molecule has 0 aliphatic heterocycles. The number of para-hydroxylation sites is 1. The molecule has 4 aromatic rings. The first-order chi connectivity index (χ1) is 12.0. The summed E-state index contributed by atoms with van der Waals surface area (Å²) in [5.41, 5.74) is 2.34. The van der Waals surface area contributed by atoms with Gasteiger partial charge in [0, 0.05) is 5.39 Å². The minimum Gasteiger partial charge on any atom is -0.270 e. The van der Waals surface area contributed by atoms with E-state index in [0.29, 0.717) is 15.7 Å². The molecule has 2 aromatic carbocycles. The molecule has 2 aromatic heterocycles. The van der Waals surface area contributed by atoms with Crippen molar-refractivity contribution >= 4 is 34.0 Å². The number of rotatable bonds is 3. The van der Waals surface area contributed by atoms with E-state index in [4.69, 9.17) is 0 Å². The van der Waals surface area contributed by atoms with Gasteiger partial charge in [-0.15, -0.1) is 10.2 Å². The lowest BCUT2D eigenvalue weighted by molar-refractivity contribution is -0.387. The second-order valence-corrected chi connectivity index (χ2v) is 6.50. The van der Waals surface area contributed by atoms with Crippen molar-refractivity contribution in [2.75, 3.05) is 0 Å². The predicted octanol–water partition coefficient (Wildman–Crippen LogP) is 4.39. The standard InChI is InChI=1S/C17H11FN4O2S/c1-10-8-16-19-20-17(21(16)13-5-3-2-4-12(10)13)25-15-7-6-11(18)9-14(15)22(23)24/h2-9H,1H3. The molecule has 0 aliphatic rings. The first kappa shape index (κ1) is 15.5. The van der Waals surface area contributed by atoms with Gasteiger partial charge in [0.05, 0.1) is 21.4 Å². The summed E-state index contributed by atoms with van der Waals surface area (Å²) in [5.74, 6) is -0.650. The Morgan fingerprint density at radius 2 is 1.96 bits per heavy atom. The number of aromatic nitrogens is 3. The zero-order chi connectivity index (χ0) is 17.6. The third kappa shape index (κ3) is 2.60. The summed E-state index contributed by atoms with van der Waals surface area (Å²) in [6, 6.07) is 13.2. The van der Waals surface area contributed by atoms with Crippen LogP contribution < -0.4 is 0 Å². The van der Waals surface area contributed by atoms with Crippen LogP contribution in [0.25, 0.3) is 16.6 Å². The molecule has 124 valence electrons. The largest absolute Gasteiger partial charge is 0.286 e. The molecule has 25 heavy (non-hydrogen) atoms. The predicted molar refractivity (Wildman–Crippen MR) is 92.4 cm³/mol. The van der Waals surface area contributed by atoms with Crippen molar-refractivity contribution in [1.29, 1.82) is 0 Å². The van der Waals surface area contributed by atoms with E-state index in [2.05, 4.69) is 10.2 Å². The number of nitro benzene ring substituents is 1. The first-order valence-corrected chi connectivity index (χ1v) is 8.21. The van der Waals surface area contributed by atoms with E-state index in [-0.39, 0.29) is 5.69 Å². The van der Waals surface area contributed by atoms with Crippen LogP contribution in [-0.4, -0.2) is 19.5 Å². The van der Waals surface area contributed by atoms with E-state index >= 15 is 0 Å². The average Bonchev–Trinajstić information content (AvgIpc) is 2.99. The Labute approximate surface area is 145 Å². The number of aryl methyl sites for hydroxylation is 1. The van der Waals surface area contributed by atoms with E-state index < -0.39 is 10.7 Å². The zero-order valence-corrected chi connectivity index (χ0v) is 13.8. The quantitative estimate of drug-likeness (QED) is 0.403. The van der Waals surface area contributed by atoms with Crippen molar-refractivity contribution in [3.05, 3.63) is 70.0 Å². The van der Waals surface area contributed by atoms with Crippen molar-refractivity contribution in [3.8, 4) is 0 Å². The molecule has 6 nitrogen and oxygen atoms in total. The number of benzene rings is 2. The van der Waals surface area contributed by atoms with Crippen LogP contribution in [0.4, 0.5) is 10.1 Å². The minimum absolute atomic E-state index is 0.293. The van der Waals surface area contributed by atoms with Gasteiger partial charge in [-0.3, -0.25) is 14.5 Å². The van der Waals surface area contributed by atoms with Gasteiger partial charge in [0.25, 0.3) is 5.69 Å². The Morgan fingerprint density at radius 3 is 2.76 bits per heavy atom. The number of fused-ring (bicyclic) bond motifs is 3. The molecule has 0 unspecified atom stereocenters. The van der Waals surface area contributed by atoms with Crippen LogP contribution in [0.2, 0.25) is 0 Å². The SMILES string of the molecule is Cc1cc2nnc(Sc3ccc(F)cc3[N+](=O)[O-])n2c2ccccc12. The molecule has 0 saturated heterocycles. The Bertz CT molecular complexity index is 1140. The van der Waals surface area contributed by atoms with E-state index in [1.807, 2.05) is 41.7 Å². The highest BCUT2D eigenvalue weighted by atomic mass is 32.2. The Morgan fingerprint density at radius 1 is 1.16 bits per heavy atom. The maximum absolute atomic E-state index is 13.3. The highest BCUT2D eigenvalue weighted by Crippen LogP contribution is 2.35. The summed E-state index contributed by atoms with van der Waals surface area (Å²) < 4.78 is 15.2. The average molecular weight is 354 g/mol. The van der Waals surface area contributed by atoms with Gasteiger partial charge in [0.1, 0.15) is 5.82 Å². The first-order valence-electron chi connectivity index (χ1n) is 7.40. The Balaban J connectivity index is 1.92. The molecule has 0 N–H and O–H groups in total. The third-order valence-electron chi connectivity index (χ3n) is 3.89. The zero-order valence-electron chi connectivity index (χ0n) is 13.0. The number of nitro groups is 1. The molecule has 0 bridgehead atoms. The molecular formula is C17H11FN4O2S. The van der Waals surface area contributed by atoms with Gasteiger partial charge < -0.3 is 0 Å².